The van der Waals surface area contributed by atoms with E-state index in [0.717, 1.165) is 21.7 Å². The number of rotatable bonds is 10. The van der Waals surface area contributed by atoms with Crippen molar-refractivity contribution in [3.63, 3.8) is 0 Å². The van der Waals surface area contributed by atoms with Gasteiger partial charge in [0.2, 0.25) is 11.8 Å². The second-order valence-corrected chi connectivity index (χ2v) is 10.4. The van der Waals surface area contributed by atoms with E-state index < -0.39 is 27.8 Å². The zero-order chi connectivity index (χ0) is 27.0. The van der Waals surface area contributed by atoms with E-state index in [9.17, 15) is 18.0 Å². The molecule has 2 amide bonds. The molecule has 6 nitrogen and oxygen atoms in total. The monoisotopic (exact) mass is 526 g/mol. The van der Waals surface area contributed by atoms with Crippen molar-refractivity contribution in [3.05, 3.63) is 120 Å². The summed E-state index contributed by atoms with van der Waals surface area (Å²) in [7, 11) is -4.12. The molecule has 194 valence electrons. The smallest absolute Gasteiger partial charge is 0.257 e. The molecule has 0 fully saturated rings. The zero-order valence-electron chi connectivity index (χ0n) is 21.2. The lowest BCUT2D eigenvalue weighted by atomic mass is 9.94. The molecule has 1 atom stereocenters. The van der Waals surface area contributed by atoms with Gasteiger partial charge >= 0.3 is 0 Å². The predicted octanol–water partition coefficient (Wildman–Crippen LogP) is 5.56. The Balaban J connectivity index is 1.60. The Bertz CT molecular complexity index is 1530. The molecule has 0 spiro atoms. The minimum Gasteiger partial charge on any atom is -0.312 e. The number of hydrogen-bond acceptors (Lipinski definition) is 4. The van der Waals surface area contributed by atoms with Gasteiger partial charge in [-0.15, -0.1) is 0 Å². The summed E-state index contributed by atoms with van der Waals surface area (Å²) >= 11 is 0. The molecule has 0 bridgehead atoms. The van der Waals surface area contributed by atoms with Crippen LogP contribution in [-0.2, 0) is 26.0 Å². The maximum absolute atomic E-state index is 13.7. The minimum atomic E-state index is -4.12. The van der Waals surface area contributed by atoms with Crippen molar-refractivity contribution in [2.45, 2.75) is 19.8 Å². The molecule has 7 heteroatoms. The summed E-state index contributed by atoms with van der Waals surface area (Å²) in [5.41, 5.74) is 2.31. The van der Waals surface area contributed by atoms with Crippen LogP contribution in [0.25, 0.3) is 16.8 Å². The van der Waals surface area contributed by atoms with E-state index in [1.54, 1.807) is 36.4 Å². The molecule has 0 aliphatic heterocycles. The average molecular weight is 527 g/mol. The molecule has 0 radical (unpaired) electrons. The van der Waals surface area contributed by atoms with E-state index in [1.165, 1.54) is 11.0 Å². The molecule has 0 aliphatic carbocycles. The average Bonchev–Trinajstić information content (AvgIpc) is 2.93. The van der Waals surface area contributed by atoms with E-state index >= 15 is 0 Å². The first-order valence-corrected chi connectivity index (χ1v) is 14.1. The number of sulfonamides is 1. The van der Waals surface area contributed by atoms with Crippen LogP contribution in [0.15, 0.2) is 109 Å². The minimum absolute atomic E-state index is 0.153. The quantitative estimate of drug-likeness (QED) is 0.274. The SMILES string of the molecule is CCN(C(=O)C(CCc1cccc2ccccc12)C(=O)NS(=O)(=O)/C=C/c1ccccc1)c1ccccc1. The first kappa shape index (κ1) is 26.8. The highest BCUT2D eigenvalue weighted by Crippen LogP contribution is 2.24. The molecule has 0 saturated heterocycles. The van der Waals surface area contributed by atoms with Crippen molar-refractivity contribution in [3.8, 4) is 0 Å². The number of nitrogens with zero attached hydrogens (tertiary/aromatic N) is 1. The van der Waals surface area contributed by atoms with Crippen molar-refractivity contribution in [2.24, 2.45) is 5.92 Å². The molecule has 0 aromatic heterocycles. The first-order valence-electron chi connectivity index (χ1n) is 12.5. The summed E-state index contributed by atoms with van der Waals surface area (Å²) < 4.78 is 27.6. The third-order valence-corrected chi connectivity index (χ3v) is 7.31. The standard InChI is InChI=1S/C31H30N2O4S/c1-2-33(27-17-7-4-8-18-27)31(35)29(21-20-26-16-11-15-25-14-9-10-19-28(25)26)30(34)32-38(36,37)23-22-24-12-5-3-6-13-24/h3-19,22-23,29H,2,20-21H2,1H3,(H,32,34)/b23-22+. The Hall–Kier alpha value is -4.23. The van der Waals surface area contributed by atoms with Crippen molar-refractivity contribution in [1.29, 1.82) is 0 Å². The fourth-order valence-corrected chi connectivity index (χ4v) is 5.24. The van der Waals surface area contributed by atoms with Crippen LogP contribution in [0.2, 0.25) is 0 Å². The van der Waals surface area contributed by atoms with Gasteiger partial charge in [0.25, 0.3) is 10.0 Å². The number of carbonyl (C=O) groups excluding carboxylic acids is 2. The Morgan fingerprint density at radius 3 is 2.18 bits per heavy atom. The van der Waals surface area contributed by atoms with E-state index in [2.05, 4.69) is 4.72 Å². The van der Waals surface area contributed by atoms with Crippen LogP contribution in [0.1, 0.15) is 24.5 Å². The van der Waals surface area contributed by atoms with Crippen molar-refractivity contribution < 1.29 is 18.0 Å². The Kier molecular flexibility index (Phi) is 8.71. The molecule has 0 heterocycles. The highest BCUT2D eigenvalue weighted by molar-refractivity contribution is 7.93. The highest BCUT2D eigenvalue weighted by atomic mass is 32.2. The lowest BCUT2D eigenvalue weighted by Gasteiger charge is -2.26. The number of amides is 2. The number of hydrogen-bond donors (Lipinski definition) is 1. The number of fused-ring (bicyclic) bond motifs is 1. The maximum atomic E-state index is 13.7. The van der Waals surface area contributed by atoms with Gasteiger partial charge < -0.3 is 4.90 Å². The van der Waals surface area contributed by atoms with Crippen molar-refractivity contribution in [2.75, 3.05) is 11.4 Å². The molecule has 0 saturated carbocycles. The molecular formula is C31H30N2O4S. The van der Waals surface area contributed by atoms with E-state index in [-0.39, 0.29) is 6.42 Å². The summed E-state index contributed by atoms with van der Waals surface area (Å²) in [5, 5.41) is 3.04. The summed E-state index contributed by atoms with van der Waals surface area (Å²) in [6.45, 7) is 2.16. The lowest BCUT2D eigenvalue weighted by Crippen LogP contribution is -2.45. The molecule has 4 aromatic rings. The van der Waals surface area contributed by atoms with Crippen molar-refractivity contribution >= 4 is 44.4 Å². The maximum Gasteiger partial charge on any atom is 0.257 e. The van der Waals surface area contributed by atoms with Gasteiger partial charge in [-0.3, -0.25) is 9.59 Å². The molecule has 38 heavy (non-hydrogen) atoms. The predicted molar refractivity (Wildman–Crippen MR) is 153 cm³/mol. The Morgan fingerprint density at radius 2 is 1.47 bits per heavy atom. The van der Waals surface area contributed by atoms with Gasteiger partial charge in [-0.1, -0.05) is 91.0 Å². The number of aryl methyl sites for hydroxylation is 1. The first-order chi connectivity index (χ1) is 18.4. The number of benzene rings is 4. The summed E-state index contributed by atoms with van der Waals surface area (Å²) in [6, 6.07) is 31.8. The summed E-state index contributed by atoms with van der Waals surface area (Å²) in [4.78, 5) is 28.6. The molecule has 1 unspecified atom stereocenters. The van der Waals surface area contributed by atoms with Crippen LogP contribution in [0.5, 0.6) is 0 Å². The van der Waals surface area contributed by atoms with E-state index in [4.69, 9.17) is 0 Å². The largest absolute Gasteiger partial charge is 0.312 e. The van der Waals surface area contributed by atoms with E-state index in [1.807, 2.05) is 73.7 Å². The second kappa shape index (κ2) is 12.3. The number of carbonyl (C=O) groups is 2. The van der Waals surface area contributed by atoms with Gasteiger partial charge in [-0.2, -0.15) is 0 Å². The lowest BCUT2D eigenvalue weighted by molar-refractivity contribution is -0.132. The third kappa shape index (κ3) is 6.75. The highest BCUT2D eigenvalue weighted by Gasteiger charge is 2.32. The van der Waals surface area contributed by atoms with Gasteiger partial charge in [-0.05, 0) is 59.9 Å². The van der Waals surface area contributed by atoms with Gasteiger partial charge in [-0.25, -0.2) is 13.1 Å². The van der Waals surface area contributed by atoms with Crippen LogP contribution in [0.4, 0.5) is 5.69 Å². The molecule has 4 aromatic carbocycles. The van der Waals surface area contributed by atoms with Crippen molar-refractivity contribution in [1.82, 2.24) is 4.72 Å². The molecule has 0 aliphatic rings. The molecule has 1 N–H and O–H groups in total. The Morgan fingerprint density at radius 1 is 0.842 bits per heavy atom. The van der Waals surface area contributed by atoms with Gasteiger partial charge in [0, 0.05) is 12.2 Å². The third-order valence-electron chi connectivity index (χ3n) is 6.33. The van der Waals surface area contributed by atoms with E-state index in [0.29, 0.717) is 24.2 Å². The normalized spacial score (nSPS) is 12.3. The fraction of sp³-hybridized carbons (Fsp3) is 0.161. The summed E-state index contributed by atoms with van der Waals surface area (Å²) in [5.74, 6) is -2.49. The fourth-order valence-electron chi connectivity index (χ4n) is 4.42. The molecular weight excluding hydrogens is 496 g/mol. The van der Waals surface area contributed by atoms with Crippen LogP contribution < -0.4 is 9.62 Å². The van der Waals surface area contributed by atoms with Gasteiger partial charge in [0.15, 0.2) is 0 Å². The Labute approximate surface area is 223 Å². The zero-order valence-corrected chi connectivity index (χ0v) is 22.0. The van der Waals surface area contributed by atoms with Gasteiger partial charge in [0.1, 0.15) is 5.92 Å². The summed E-state index contributed by atoms with van der Waals surface area (Å²) in [6.07, 6.45) is 1.99. The second-order valence-electron chi connectivity index (χ2n) is 8.87. The van der Waals surface area contributed by atoms with Crippen LogP contribution in [0.3, 0.4) is 0 Å². The van der Waals surface area contributed by atoms with Crippen LogP contribution >= 0.6 is 0 Å². The number of para-hydroxylation sites is 1. The number of nitrogens with one attached hydrogen (secondary N) is 1. The molecule has 4 rings (SSSR count). The van der Waals surface area contributed by atoms with Gasteiger partial charge in [0.05, 0.1) is 5.41 Å². The van der Waals surface area contributed by atoms with Crippen LogP contribution in [-0.4, -0.2) is 26.8 Å². The topological polar surface area (TPSA) is 83.6 Å². The van der Waals surface area contributed by atoms with Crippen LogP contribution in [0, 0.1) is 5.92 Å². The number of anilines is 1.